The van der Waals surface area contributed by atoms with Crippen molar-refractivity contribution in [2.75, 3.05) is 0 Å². The minimum absolute atomic E-state index is 0.0131. The highest BCUT2D eigenvalue weighted by atomic mass is 16.1. The van der Waals surface area contributed by atoms with Crippen molar-refractivity contribution in [3.63, 3.8) is 0 Å². The van der Waals surface area contributed by atoms with E-state index < -0.39 is 0 Å². The van der Waals surface area contributed by atoms with Gasteiger partial charge in [0.1, 0.15) is 0 Å². The average Bonchev–Trinajstić information content (AvgIpc) is 2.68. The van der Waals surface area contributed by atoms with Gasteiger partial charge in [-0.15, -0.1) is 0 Å². The maximum Gasteiger partial charge on any atom is 0.252 e. The number of carbonyl (C=O) groups is 1. The molecule has 1 aromatic rings. The fraction of sp³-hybridized carbons (Fsp3) is 0.462. The predicted molar refractivity (Wildman–Crippen MR) is 67.5 cm³/mol. The van der Waals surface area contributed by atoms with E-state index in [1.165, 1.54) is 5.56 Å². The highest BCUT2D eigenvalue weighted by Crippen LogP contribution is 2.10. The molecule has 0 aromatic heterocycles. The monoisotopic (exact) mass is 233 g/mol. The normalized spacial score (nSPS) is 23.7. The van der Waals surface area contributed by atoms with Crippen molar-refractivity contribution in [2.24, 2.45) is 0 Å². The second-order valence-corrected chi connectivity index (χ2v) is 4.75. The number of aryl methyl sites for hydroxylation is 2. The lowest BCUT2D eigenvalue weighted by molar-refractivity contribution is 0.0932. The van der Waals surface area contributed by atoms with E-state index in [-0.39, 0.29) is 12.1 Å². The Kier molecular flexibility index (Phi) is 3.45. The van der Waals surface area contributed by atoms with Crippen LogP contribution in [0, 0.1) is 13.8 Å². The SMILES string of the molecule is Cc1ccc(C(=O)NC2CC(C)NN2)cc1C. The van der Waals surface area contributed by atoms with E-state index in [9.17, 15) is 4.79 Å². The number of nitrogens with one attached hydrogen (secondary N) is 3. The zero-order chi connectivity index (χ0) is 12.4. The van der Waals surface area contributed by atoms with E-state index in [0.29, 0.717) is 6.04 Å². The number of benzene rings is 1. The number of hydrogen-bond acceptors (Lipinski definition) is 3. The lowest BCUT2D eigenvalue weighted by atomic mass is 10.1. The van der Waals surface area contributed by atoms with Gasteiger partial charge in [0.05, 0.1) is 6.17 Å². The van der Waals surface area contributed by atoms with E-state index >= 15 is 0 Å². The Morgan fingerprint density at radius 2 is 2.06 bits per heavy atom. The maximum absolute atomic E-state index is 12.0. The summed E-state index contributed by atoms with van der Waals surface area (Å²) in [6, 6.07) is 6.16. The molecule has 1 heterocycles. The third-order valence-electron chi connectivity index (χ3n) is 3.17. The second-order valence-electron chi connectivity index (χ2n) is 4.75. The summed E-state index contributed by atoms with van der Waals surface area (Å²) in [5.74, 6) is -0.0264. The topological polar surface area (TPSA) is 53.2 Å². The van der Waals surface area contributed by atoms with Gasteiger partial charge in [-0.2, -0.15) is 0 Å². The molecular formula is C13H19N3O. The number of hydrogen-bond donors (Lipinski definition) is 3. The third-order valence-corrected chi connectivity index (χ3v) is 3.17. The molecule has 3 N–H and O–H groups in total. The zero-order valence-electron chi connectivity index (χ0n) is 10.5. The van der Waals surface area contributed by atoms with Crippen LogP contribution in [0.15, 0.2) is 18.2 Å². The van der Waals surface area contributed by atoms with E-state index in [2.05, 4.69) is 23.1 Å². The standard InChI is InChI=1S/C13H19N3O/c1-8-4-5-11(6-9(8)2)13(17)14-12-7-10(3)15-16-12/h4-6,10,12,15-16H,7H2,1-3H3,(H,14,17). The van der Waals surface area contributed by atoms with Crippen molar-refractivity contribution in [3.8, 4) is 0 Å². The smallest absolute Gasteiger partial charge is 0.252 e. The molecule has 0 radical (unpaired) electrons. The molecule has 1 fully saturated rings. The van der Waals surface area contributed by atoms with E-state index in [1.54, 1.807) is 0 Å². The molecule has 17 heavy (non-hydrogen) atoms. The van der Waals surface area contributed by atoms with Crippen LogP contribution in [0.2, 0.25) is 0 Å². The van der Waals surface area contributed by atoms with E-state index in [1.807, 2.05) is 32.0 Å². The first-order valence-electron chi connectivity index (χ1n) is 5.95. The fourth-order valence-electron chi connectivity index (χ4n) is 1.93. The summed E-state index contributed by atoms with van der Waals surface area (Å²) in [5, 5.41) is 2.96. The Labute approximate surface area is 102 Å². The number of rotatable bonds is 2. The molecule has 0 saturated carbocycles. The lowest BCUT2D eigenvalue weighted by Crippen LogP contribution is -2.44. The molecule has 2 atom stereocenters. The van der Waals surface area contributed by atoms with Crippen LogP contribution < -0.4 is 16.2 Å². The molecule has 1 aromatic carbocycles. The minimum atomic E-state index is -0.0264. The second kappa shape index (κ2) is 4.85. The van der Waals surface area contributed by atoms with Gasteiger partial charge in [0, 0.05) is 11.6 Å². The lowest BCUT2D eigenvalue weighted by Gasteiger charge is -2.12. The van der Waals surface area contributed by atoms with Gasteiger partial charge in [-0.3, -0.25) is 10.2 Å². The van der Waals surface area contributed by atoms with Crippen molar-refractivity contribution in [2.45, 2.75) is 39.4 Å². The summed E-state index contributed by atoms with van der Waals surface area (Å²) in [6.45, 7) is 6.14. The molecule has 92 valence electrons. The van der Waals surface area contributed by atoms with Crippen LogP contribution in [0.4, 0.5) is 0 Å². The molecule has 4 heteroatoms. The minimum Gasteiger partial charge on any atom is -0.335 e. The van der Waals surface area contributed by atoms with Crippen LogP contribution in [0.3, 0.4) is 0 Å². The van der Waals surface area contributed by atoms with Gasteiger partial charge in [-0.1, -0.05) is 6.07 Å². The molecule has 1 aliphatic heterocycles. The zero-order valence-corrected chi connectivity index (χ0v) is 10.5. The fourth-order valence-corrected chi connectivity index (χ4v) is 1.93. The number of amides is 1. The van der Waals surface area contributed by atoms with E-state index in [4.69, 9.17) is 0 Å². The first-order valence-corrected chi connectivity index (χ1v) is 5.95. The first kappa shape index (κ1) is 12.1. The Morgan fingerprint density at radius 1 is 1.29 bits per heavy atom. The molecule has 0 bridgehead atoms. The Morgan fingerprint density at radius 3 is 2.65 bits per heavy atom. The van der Waals surface area contributed by atoms with Crippen molar-refractivity contribution >= 4 is 5.91 Å². The largest absolute Gasteiger partial charge is 0.335 e. The Bertz CT molecular complexity index is 431. The molecule has 0 spiro atoms. The summed E-state index contributed by atoms with van der Waals surface area (Å²) >= 11 is 0. The van der Waals surface area contributed by atoms with Gasteiger partial charge in [0.2, 0.25) is 0 Å². The van der Waals surface area contributed by atoms with Crippen LogP contribution in [-0.2, 0) is 0 Å². The molecule has 0 aliphatic carbocycles. The summed E-state index contributed by atoms with van der Waals surface area (Å²) in [6.07, 6.45) is 0.912. The highest BCUT2D eigenvalue weighted by molar-refractivity contribution is 5.94. The quantitative estimate of drug-likeness (QED) is 0.720. The van der Waals surface area contributed by atoms with Gasteiger partial charge in [0.25, 0.3) is 5.91 Å². The van der Waals surface area contributed by atoms with Gasteiger partial charge in [-0.05, 0) is 50.5 Å². The molecular weight excluding hydrogens is 214 g/mol. The molecule has 1 aliphatic rings. The first-order chi connectivity index (χ1) is 8.06. The van der Waals surface area contributed by atoms with Crippen LogP contribution >= 0.6 is 0 Å². The molecule has 1 saturated heterocycles. The summed E-state index contributed by atoms with van der Waals surface area (Å²) in [4.78, 5) is 12.0. The molecule has 1 amide bonds. The molecule has 2 rings (SSSR count). The van der Waals surface area contributed by atoms with Gasteiger partial charge in [0.15, 0.2) is 0 Å². The van der Waals surface area contributed by atoms with Gasteiger partial charge in [-0.25, -0.2) is 5.43 Å². The number of carbonyl (C=O) groups excluding carboxylic acids is 1. The maximum atomic E-state index is 12.0. The number of hydrazine groups is 1. The summed E-state index contributed by atoms with van der Waals surface area (Å²) < 4.78 is 0. The highest BCUT2D eigenvalue weighted by Gasteiger charge is 2.21. The van der Waals surface area contributed by atoms with Crippen molar-refractivity contribution < 1.29 is 4.79 Å². The molecule has 2 unspecified atom stereocenters. The Hall–Kier alpha value is -1.39. The average molecular weight is 233 g/mol. The van der Waals surface area contributed by atoms with Crippen molar-refractivity contribution in [1.29, 1.82) is 0 Å². The van der Waals surface area contributed by atoms with Crippen LogP contribution in [0.1, 0.15) is 34.8 Å². The van der Waals surface area contributed by atoms with Gasteiger partial charge >= 0.3 is 0 Å². The predicted octanol–water partition coefficient (Wildman–Crippen LogP) is 1.25. The molecule has 4 nitrogen and oxygen atoms in total. The van der Waals surface area contributed by atoms with Crippen LogP contribution in [-0.4, -0.2) is 18.1 Å². The van der Waals surface area contributed by atoms with Crippen molar-refractivity contribution in [1.82, 2.24) is 16.2 Å². The van der Waals surface area contributed by atoms with Crippen molar-refractivity contribution in [3.05, 3.63) is 34.9 Å². The van der Waals surface area contributed by atoms with Crippen LogP contribution in [0.5, 0.6) is 0 Å². The van der Waals surface area contributed by atoms with E-state index in [0.717, 1.165) is 17.5 Å². The third kappa shape index (κ3) is 2.84. The summed E-state index contributed by atoms with van der Waals surface area (Å²) in [5.41, 5.74) is 9.20. The Balaban J connectivity index is 2.02. The summed E-state index contributed by atoms with van der Waals surface area (Å²) in [7, 11) is 0. The van der Waals surface area contributed by atoms with Crippen LogP contribution in [0.25, 0.3) is 0 Å². The van der Waals surface area contributed by atoms with Gasteiger partial charge < -0.3 is 5.32 Å².